The van der Waals surface area contributed by atoms with E-state index in [9.17, 15) is 4.79 Å². The summed E-state index contributed by atoms with van der Waals surface area (Å²) in [5, 5.41) is 4.01. The molecule has 4 heterocycles. The van der Waals surface area contributed by atoms with Crippen molar-refractivity contribution in [2.24, 2.45) is 0 Å². The summed E-state index contributed by atoms with van der Waals surface area (Å²) in [6.07, 6.45) is 2.81. The largest absolute Gasteiger partial charge is 0.482 e. The van der Waals surface area contributed by atoms with Gasteiger partial charge in [0.15, 0.2) is 12.3 Å². The number of piperazine rings is 1. The molecule has 1 aromatic carbocycles. The van der Waals surface area contributed by atoms with Gasteiger partial charge in [-0.1, -0.05) is 6.07 Å². The van der Waals surface area contributed by atoms with Gasteiger partial charge in [-0.3, -0.25) is 9.69 Å². The van der Waals surface area contributed by atoms with Crippen molar-refractivity contribution in [2.75, 3.05) is 49.5 Å². The van der Waals surface area contributed by atoms with Crippen molar-refractivity contribution in [1.29, 1.82) is 0 Å². The Bertz CT molecular complexity index is 1090. The molecule has 3 aromatic rings. The Kier molecular flexibility index (Phi) is 4.96. The minimum absolute atomic E-state index is 0.0928. The van der Waals surface area contributed by atoms with Crippen LogP contribution >= 0.6 is 0 Å². The summed E-state index contributed by atoms with van der Waals surface area (Å²) in [7, 11) is 0. The highest BCUT2D eigenvalue weighted by atomic mass is 16.5. The molecule has 5 rings (SSSR count). The predicted octanol–water partition coefficient (Wildman–Crippen LogP) is 2.63. The molecule has 2 aliphatic rings. The molecule has 1 fully saturated rings. The van der Waals surface area contributed by atoms with Crippen LogP contribution in [0.1, 0.15) is 11.3 Å². The SMILES string of the molecule is Cc1ccc2c(N3CCN(CCc4ccc5c(c4)NC(=O)CO5)CC3)ccnc2n1. The predicted molar refractivity (Wildman–Crippen MR) is 117 cm³/mol. The highest BCUT2D eigenvalue weighted by molar-refractivity contribution is 5.95. The molecule has 0 spiro atoms. The van der Waals surface area contributed by atoms with Gasteiger partial charge in [0.05, 0.1) is 5.69 Å². The summed E-state index contributed by atoms with van der Waals surface area (Å²) < 4.78 is 5.44. The number of aryl methyl sites for hydroxylation is 1. The maximum atomic E-state index is 11.5. The lowest BCUT2D eigenvalue weighted by atomic mass is 10.1. The zero-order chi connectivity index (χ0) is 20.5. The van der Waals surface area contributed by atoms with Gasteiger partial charge < -0.3 is 15.0 Å². The molecule has 30 heavy (non-hydrogen) atoms. The number of hydrogen-bond donors (Lipinski definition) is 1. The molecule has 1 N–H and O–H groups in total. The Morgan fingerprint density at radius 1 is 1.10 bits per heavy atom. The molecule has 0 atom stereocenters. The summed E-state index contributed by atoms with van der Waals surface area (Å²) in [5.74, 6) is 0.658. The molecule has 0 saturated carbocycles. The lowest BCUT2D eigenvalue weighted by Crippen LogP contribution is -2.47. The fourth-order valence-corrected chi connectivity index (χ4v) is 4.17. The van der Waals surface area contributed by atoms with E-state index in [-0.39, 0.29) is 12.5 Å². The van der Waals surface area contributed by atoms with Crippen molar-refractivity contribution in [2.45, 2.75) is 13.3 Å². The molecule has 2 aromatic heterocycles. The zero-order valence-electron chi connectivity index (χ0n) is 17.1. The zero-order valence-corrected chi connectivity index (χ0v) is 17.1. The number of nitrogens with one attached hydrogen (secondary N) is 1. The van der Waals surface area contributed by atoms with Gasteiger partial charge in [-0.2, -0.15) is 0 Å². The summed E-state index contributed by atoms with van der Waals surface area (Å²) in [6, 6.07) is 12.3. The van der Waals surface area contributed by atoms with Gasteiger partial charge in [0, 0.05) is 55.7 Å². The molecular weight excluding hydrogens is 378 g/mol. The minimum Gasteiger partial charge on any atom is -0.482 e. The molecule has 7 heteroatoms. The van der Waals surface area contributed by atoms with E-state index >= 15 is 0 Å². The third-order valence-corrected chi connectivity index (χ3v) is 5.83. The van der Waals surface area contributed by atoms with Gasteiger partial charge in [-0.25, -0.2) is 9.97 Å². The van der Waals surface area contributed by atoms with E-state index in [1.165, 1.54) is 11.3 Å². The fourth-order valence-electron chi connectivity index (χ4n) is 4.17. The summed E-state index contributed by atoms with van der Waals surface area (Å²) in [4.78, 5) is 25.5. The van der Waals surface area contributed by atoms with Gasteiger partial charge in [0.1, 0.15) is 5.75 Å². The van der Waals surface area contributed by atoms with Crippen LogP contribution in [0.25, 0.3) is 11.0 Å². The summed E-state index contributed by atoms with van der Waals surface area (Å²) >= 11 is 0. The number of pyridine rings is 2. The second kappa shape index (κ2) is 7.91. The number of anilines is 2. The first-order chi connectivity index (χ1) is 14.7. The molecule has 1 amide bonds. The molecular formula is C23H25N5O2. The third kappa shape index (κ3) is 3.80. The monoisotopic (exact) mass is 403 g/mol. The number of hydrogen-bond acceptors (Lipinski definition) is 6. The summed E-state index contributed by atoms with van der Waals surface area (Å²) in [5.41, 5.74) is 5.02. The van der Waals surface area contributed by atoms with Gasteiger partial charge >= 0.3 is 0 Å². The van der Waals surface area contributed by atoms with Gasteiger partial charge in [0.2, 0.25) is 0 Å². The van der Waals surface area contributed by atoms with E-state index in [1.54, 1.807) is 0 Å². The smallest absolute Gasteiger partial charge is 0.262 e. The van der Waals surface area contributed by atoms with Gasteiger partial charge in [0.25, 0.3) is 5.91 Å². The average Bonchev–Trinajstić information content (AvgIpc) is 2.77. The number of carbonyl (C=O) groups is 1. The number of benzene rings is 1. The first-order valence-electron chi connectivity index (χ1n) is 10.4. The average molecular weight is 403 g/mol. The Labute approximate surface area is 175 Å². The number of amides is 1. The van der Waals surface area contributed by atoms with Crippen molar-refractivity contribution in [3.05, 3.63) is 53.9 Å². The second-order valence-corrected chi connectivity index (χ2v) is 7.90. The maximum absolute atomic E-state index is 11.5. The van der Waals surface area contributed by atoms with Crippen molar-refractivity contribution >= 4 is 28.3 Å². The molecule has 0 unspecified atom stereocenters. The van der Waals surface area contributed by atoms with Crippen LogP contribution in [0, 0.1) is 6.92 Å². The Morgan fingerprint density at radius 2 is 1.97 bits per heavy atom. The summed E-state index contributed by atoms with van der Waals surface area (Å²) in [6.45, 7) is 7.11. The van der Waals surface area contributed by atoms with Crippen LogP contribution in [0.4, 0.5) is 11.4 Å². The highest BCUT2D eigenvalue weighted by Crippen LogP contribution is 2.29. The van der Waals surface area contributed by atoms with Crippen LogP contribution in [0.2, 0.25) is 0 Å². The third-order valence-electron chi connectivity index (χ3n) is 5.83. The van der Waals surface area contributed by atoms with Crippen molar-refractivity contribution in [3.63, 3.8) is 0 Å². The molecule has 154 valence electrons. The van der Waals surface area contributed by atoms with Crippen LogP contribution in [0.15, 0.2) is 42.6 Å². The lowest BCUT2D eigenvalue weighted by molar-refractivity contribution is -0.118. The molecule has 7 nitrogen and oxygen atoms in total. The van der Waals surface area contributed by atoms with E-state index in [4.69, 9.17) is 4.74 Å². The van der Waals surface area contributed by atoms with E-state index in [0.29, 0.717) is 0 Å². The number of aromatic nitrogens is 2. The van der Waals surface area contributed by atoms with Gasteiger partial charge in [-0.05, 0) is 49.2 Å². The van der Waals surface area contributed by atoms with Crippen LogP contribution in [0.5, 0.6) is 5.75 Å². The van der Waals surface area contributed by atoms with Crippen LogP contribution in [-0.2, 0) is 11.2 Å². The highest BCUT2D eigenvalue weighted by Gasteiger charge is 2.20. The molecule has 1 saturated heterocycles. The van der Waals surface area contributed by atoms with Crippen LogP contribution in [0.3, 0.4) is 0 Å². The topological polar surface area (TPSA) is 70.6 Å². The van der Waals surface area contributed by atoms with Crippen molar-refractivity contribution in [1.82, 2.24) is 14.9 Å². The normalized spacial score (nSPS) is 16.8. The molecule has 2 aliphatic heterocycles. The molecule has 0 bridgehead atoms. The quantitative estimate of drug-likeness (QED) is 0.722. The Hall–Kier alpha value is -3.19. The maximum Gasteiger partial charge on any atom is 0.262 e. The van der Waals surface area contributed by atoms with E-state index in [1.807, 2.05) is 25.3 Å². The number of ether oxygens (including phenoxy) is 1. The molecule has 0 aliphatic carbocycles. The second-order valence-electron chi connectivity index (χ2n) is 7.90. The Morgan fingerprint density at radius 3 is 2.83 bits per heavy atom. The first kappa shape index (κ1) is 18.8. The van der Waals surface area contributed by atoms with E-state index < -0.39 is 0 Å². The number of carbonyl (C=O) groups excluding carboxylic acids is 1. The standard InChI is InChI=1S/C23H25N5O2/c1-16-2-4-18-20(6-8-24-23(18)25-16)28-12-10-27(11-13-28)9-7-17-3-5-21-19(14-17)26-22(29)15-30-21/h2-6,8,14H,7,9-13,15H2,1H3,(H,26,29). The lowest BCUT2D eigenvalue weighted by Gasteiger charge is -2.36. The van der Waals surface area contributed by atoms with E-state index in [2.05, 4.69) is 49.4 Å². The van der Waals surface area contributed by atoms with Crippen LogP contribution < -0.4 is 15.0 Å². The minimum atomic E-state index is -0.0928. The van der Waals surface area contributed by atoms with Gasteiger partial charge in [-0.15, -0.1) is 0 Å². The van der Waals surface area contributed by atoms with Crippen molar-refractivity contribution in [3.8, 4) is 5.75 Å². The van der Waals surface area contributed by atoms with Crippen LogP contribution in [-0.4, -0.2) is 60.1 Å². The Balaban J connectivity index is 1.20. The number of fused-ring (bicyclic) bond motifs is 2. The fraction of sp³-hybridized carbons (Fsp3) is 0.348. The first-order valence-corrected chi connectivity index (χ1v) is 10.4. The van der Waals surface area contributed by atoms with E-state index in [0.717, 1.165) is 67.3 Å². The number of rotatable bonds is 4. The molecule has 0 radical (unpaired) electrons. The number of nitrogens with zero attached hydrogens (tertiary/aromatic N) is 4. The van der Waals surface area contributed by atoms with Crippen molar-refractivity contribution < 1.29 is 9.53 Å².